The molecule has 1 aliphatic rings. The van der Waals surface area contributed by atoms with E-state index in [4.69, 9.17) is 4.74 Å². The monoisotopic (exact) mass is 353 g/mol. The van der Waals surface area contributed by atoms with Crippen molar-refractivity contribution in [2.75, 3.05) is 43.1 Å². The molecule has 0 aromatic carbocycles. The summed E-state index contributed by atoms with van der Waals surface area (Å²) >= 11 is 0. The first-order valence-electron chi connectivity index (χ1n) is 7.87. The summed E-state index contributed by atoms with van der Waals surface area (Å²) in [6.07, 6.45) is -1.03. The molecule has 0 radical (unpaired) electrons. The van der Waals surface area contributed by atoms with Gasteiger partial charge in [0.05, 0.1) is 12.7 Å². The molecule has 0 N–H and O–H groups in total. The molecule has 0 amide bonds. The molecule has 3 heterocycles. The molecule has 0 saturated carbocycles. The second-order valence-electron chi connectivity index (χ2n) is 5.63. The lowest BCUT2D eigenvalue weighted by Gasteiger charge is -2.23. The minimum atomic E-state index is -4.37. The Kier molecular flexibility index (Phi) is 4.91. The highest BCUT2D eigenvalue weighted by molar-refractivity contribution is 5.42. The Labute approximate surface area is 143 Å². The summed E-state index contributed by atoms with van der Waals surface area (Å²) in [7, 11) is 1.55. The molecule has 9 heteroatoms. The fourth-order valence-corrected chi connectivity index (χ4v) is 2.69. The molecule has 0 atom stereocenters. The van der Waals surface area contributed by atoms with Crippen LogP contribution in [0.25, 0.3) is 0 Å². The van der Waals surface area contributed by atoms with Crippen LogP contribution in [0.3, 0.4) is 0 Å². The number of alkyl halides is 3. The van der Waals surface area contributed by atoms with E-state index in [1.165, 1.54) is 6.07 Å². The van der Waals surface area contributed by atoms with Gasteiger partial charge in [0.1, 0.15) is 5.82 Å². The average molecular weight is 353 g/mol. The summed E-state index contributed by atoms with van der Waals surface area (Å²) in [5.74, 6) is 1.62. The lowest BCUT2D eigenvalue weighted by atomic mass is 10.2. The molecular formula is C16H18F3N5O. The van der Waals surface area contributed by atoms with Crippen LogP contribution in [0.1, 0.15) is 12.0 Å². The van der Waals surface area contributed by atoms with Gasteiger partial charge in [0.25, 0.3) is 0 Å². The van der Waals surface area contributed by atoms with E-state index in [-0.39, 0.29) is 0 Å². The lowest BCUT2D eigenvalue weighted by Crippen LogP contribution is -2.32. The zero-order chi connectivity index (χ0) is 17.9. The first-order valence-corrected chi connectivity index (χ1v) is 7.87. The van der Waals surface area contributed by atoms with Gasteiger partial charge in [0.15, 0.2) is 0 Å². The number of ether oxygens (including phenoxy) is 1. The molecule has 1 fully saturated rings. The first kappa shape index (κ1) is 17.2. The van der Waals surface area contributed by atoms with Gasteiger partial charge in [-0.25, -0.2) is 9.97 Å². The smallest absolute Gasteiger partial charge is 0.417 e. The maximum absolute atomic E-state index is 12.6. The van der Waals surface area contributed by atoms with Crippen molar-refractivity contribution in [3.8, 4) is 5.88 Å². The highest BCUT2D eigenvalue weighted by Gasteiger charge is 2.31. The van der Waals surface area contributed by atoms with Gasteiger partial charge in [-0.05, 0) is 18.6 Å². The summed E-state index contributed by atoms with van der Waals surface area (Å²) in [6, 6.07) is 4.16. The number of rotatable bonds is 3. The molecule has 134 valence electrons. The van der Waals surface area contributed by atoms with Gasteiger partial charge in [-0.2, -0.15) is 18.2 Å². The lowest BCUT2D eigenvalue weighted by molar-refractivity contribution is -0.137. The van der Waals surface area contributed by atoms with Crippen LogP contribution >= 0.6 is 0 Å². The summed E-state index contributed by atoms with van der Waals surface area (Å²) in [4.78, 5) is 16.6. The third-order valence-electron chi connectivity index (χ3n) is 4.00. The van der Waals surface area contributed by atoms with E-state index < -0.39 is 11.7 Å². The summed E-state index contributed by atoms with van der Waals surface area (Å²) in [5, 5.41) is 0. The van der Waals surface area contributed by atoms with Crippen LogP contribution in [0.15, 0.2) is 30.6 Å². The van der Waals surface area contributed by atoms with Crippen LogP contribution < -0.4 is 14.5 Å². The van der Waals surface area contributed by atoms with Crippen LogP contribution in [0, 0.1) is 0 Å². The van der Waals surface area contributed by atoms with Crippen molar-refractivity contribution in [2.24, 2.45) is 0 Å². The largest absolute Gasteiger partial charge is 0.481 e. The second kappa shape index (κ2) is 7.12. The zero-order valence-electron chi connectivity index (χ0n) is 13.7. The molecule has 25 heavy (non-hydrogen) atoms. The Morgan fingerprint density at radius 1 is 1.00 bits per heavy atom. The molecule has 6 nitrogen and oxygen atoms in total. The van der Waals surface area contributed by atoms with Crippen molar-refractivity contribution in [1.82, 2.24) is 15.0 Å². The van der Waals surface area contributed by atoms with Gasteiger partial charge in [-0.3, -0.25) is 0 Å². The molecule has 0 unspecified atom stereocenters. The minimum Gasteiger partial charge on any atom is -0.481 e. The van der Waals surface area contributed by atoms with Gasteiger partial charge in [-0.1, -0.05) is 0 Å². The molecule has 3 rings (SSSR count). The van der Waals surface area contributed by atoms with Gasteiger partial charge in [0, 0.05) is 44.6 Å². The van der Waals surface area contributed by atoms with Gasteiger partial charge >= 0.3 is 6.18 Å². The Morgan fingerprint density at radius 3 is 2.44 bits per heavy atom. The number of hydrogen-bond acceptors (Lipinski definition) is 6. The topological polar surface area (TPSA) is 54.4 Å². The fraction of sp³-hybridized carbons (Fsp3) is 0.438. The number of halogens is 3. The Morgan fingerprint density at radius 2 is 1.76 bits per heavy atom. The van der Waals surface area contributed by atoms with Crippen LogP contribution in [-0.2, 0) is 6.18 Å². The van der Waals surface area contributed by atoms with Crippen molar-refractivity contribution < 1.29 is 17.9 Å². The summed E-state index contributed by atoms with van der Waals surface area (Å²) < 4.78 is 43.0. The van der Waals surface area contributed by atoms with Crippen molar-refractivity contribution in [3.05, 3.63) is 36.2 Å². The number of anilines is 2. The molecule has 0 aliphatic carbocycles. The normalized spacial score (nSPS) is 15.8. The zero-order valence-corrected chi connectivity index (χ0v) is 13.7. The van der Waals surface area contributed by atoms with Crippen LogP contribution in [0.2, 0.25) is 0 Å². The van der Waals surface area contributed by atoms with Crippen molar-refractivity contribution >= 4 is 11.8 Å². The Balaban J connectivity index is 1.69. The quantitative estimate of drug-likeness (QED) is 0.846. The average Bonchev–Trinajstić information content (AvgIpc) is 2.87. The third-order valence-corrected chi connectivity index (χ3v) is 4.00. The molecule has 0 spiro atoms. The van der Waals surface area contributed by atoms with E-state index in [0.29, 0.717) is 37.3 Å². The molecule has 0 bridgehead atoms. The van der Waals surface area contributed by atoms with E-state index in [2.05, 4.69) is 15.0 Å². The molecule has 2 aromatic rings. The summed E-state index contributed by atoms with van der Waals surface area (Å²) in [5.41, 5.74) is -0.738. The Bertz CT molecular complexity index is 708. The number of nitrogens with zero attached hydrogens (tertiary/aromatic N) is 5. The maximum Gasteiger partial charge on any atom is 0.417 e. The molecule has 1 aliphatic heterocycles. The number of hydrogen-bond donors (Lipinski definition) is 0. The van der Waals surface area contributed by atoms with E-state index in [1.54, 1.807) is 19.4 Å². The first-order chi connectivity index (χ1) is 12.0. The van der Waals surface area contributed by atoms with E-state index in [9.17, 15) is 13.2 Å². The SMILES string of the molecule is COc1ccnc(N2CCCN(c3ccc(C(F)(F)F)cn3)CC2)n1. The highest BCUT2D eigenvalue weighted by atomic mass is 19.4. The maximum atomic E-state index is 12.6. The van der Waals surface area contributed by atoms with E-state index in [0.717, 1.165) is 25.2 Å². The number of methoxy groups -OCH3 is 1. The highest BCUT2D eigenvalue weighted by Crippen LogP contribution is 2.29. The van der Waals surface area contributed by atoms with Crippen LogP contribution in [0.4, 0.5) is 24.9 Å². The van der Waals surface area contributed by atoms with Crippen molar-refractivity contribution in [1.29, 1.82) is 0 Å². The Hall–Kier alpha value is -2.58. The molecular weight excluding hydrogens is 335 g/mol. The number of aromatic nitrogens is 3. The third kappa shape index (κ3) is 4.09. The van der Waals surface area contributed by atoms with Crippen LogP contribution in [-0.4, -0.2) is 48.2 Å². The summed E-state index contributed by atoms with van der Waals surface area (Å²) in [6.45, 7) is 2.73. The molecule has 1 saturated heterocycles. The predicted octanol–water partition coefficient (Wildman–Crippen LogP) is 2.62. The van der Waals surface area contributed by atoms with Crippen molar-refractivity contribution in [2.45, 2.75) is 12.6 Å². The standard InChI is InChI=1S/C16H18F3N5O/c1-25-14-5-6-20-15(22-14)24-8-2-7-23(9-10-24)13-4-3-12(11-21-13)16(17,18)19/h3-6,11H,2,7-10H2,1H3. The van der Waals surface area contributed by atoms with E-state index >= 15 is 0 Å². The van der Waals surface area contributed by atoms with E-state index in [1.807, 2.05) is 9.80 Å². The molecule has 2 aromatic heterocycles. The fourth-order valence-electron chi connectivity index (χ4n) is 2.69. The van der Waals surface area contributed by atoms with Crippen LogP contribution in [0.5, 0.6) is 5.88 Å². The predicted molar refractivity (Wildman–Crippen MR) is 86.9 cm³/mol. The van der Waals surface area contributed by atoms with Gasteiger partial charge in [0.2, 0.25) is 11.8 Å². The van der Waals surface area contributed by atoms with Crippen molar-refractivity contribution in [3.63, 3.8) is 0 Å². The number of pyridine rings is 1. The minimum absolute atomic E-state index is 0.496. The van der Waals surface area contributed by atoms with Gasteiger partial charge < -0.3 is 14.5 Å². The second-order valence-corrected chi connectivity index (χ2v) is 5.63. The van der Waals surface area contributed by atoms with Gasteiger partial charge in [-0.15, -0.1) is 0 Å².